The van der Waals surface area contributed by atoms with E-state index >= 15 is 0 Å². The number of benzene rings is 1. The Kier molecular flexibility index (Phi) is 5.98. The van der Waals surface area contributed by atoms with E-state index in [1.54, 1.807) is 0 Å². The number of nitrogens with one attached hydrogen (secondary N) is 1. The first-order valence-corrected chi connectivity index (χ1v) is 8.07. The molecule has 0 aliphatic carbocycles. The van der Waals surface area contributed by atoms with Crippen LogP contribution in [0.5, 0.6) is 0 Å². The monoisotopic (exact) mass is 305 g/mol. The molecular weight excluding hydrogens is 278 g/mol. The van der Waals surface area contributed by atoms with E-state index in [9.17, 15) is 4.79 Å². The molecule has 1 heterocycles. The van der Waals surface area contributed by atoms with E-state index in [1.807, 2.05) is 0 Å². The Morgan fingerprint density at radius 2 is 2.09 bits per heavy atom. The summed E-state index contributed by atoms with van der Waals surface area (Å²) in [6.07, 6.45) is 1.99. The van der Waals surface area contributed by atoms with Crippen LogP contribution in [-0.2, 0) is 26.1 Å². The van der Waals surface area contributed by atoms with Gasteiger partial charge < -0.3 is 14.8 Å². The maximum absolute atomic E-state index is 11.9. The highest BCUT2D eigenvalue weighted by molar-refractivity contribution is 5.77. The van der Waals surface area contributed by atoms with Crippen molar-refractivity contribution in [1.82, 2.24) is 5.32 Å². The van der Waals surface area contributed by atoms with Crippen LogP contribution >= 0.6 is 0 Å². The second kappa shape index (κ2) is 7.75. The van der Waals surface area contributed by atoms with Crippen LogP contribution in [-0.4, -0.2) is 38.4 Å². The van der Waals surface area contributed by atoms with Crippen LogP contribution in [0.15, 0.2) is 24.3 Å². The molecule has 1 aliphatic rings. The average Bonchev–Trinajstić information content (AvgIpc) is 3.04. The van der Waals surface area contributed by atoms with E-state index in [-0.39, 0.29) is 24.0 Å². The van der Waals surface area contributed by atoms with Crippen molar-refractivity contribution in [2.45, 2.75) is 45.1 Å². The fourth-order valence-electron chi connectivity index (χ4n) is 2.50. The molecule has 4 nitrogen and oxygen atoms in total. The average molecular weight is 305 g/mol. The molecule has 0 radical (unpaired) electrons. The van der Waals surface area contributed by atoms with E-state index in [2.05, 4.69) is 50.4 Å². The fourth-order valence-corrected chi connectivity index (χ4v) is 2.50. The van der Waals surface area contributed by atoms with E-state index in [0.717, 1.165) is 19.4 Å². The molecule has 22 heavy (non-hydrogen) atoms. The SMILES string of the molecule is CCc1ccc(C(C)(C)CNC(=O)CO[C@H]2CCOC2)cc1. The molecular formula is C18H27NO3. The number of carbonyl (C=O) groups excluding carboxylic acids is 1. The molecule has 1 saturated heterocycles. The lowest BCUT2D eigenvalue weighted by molar-refractivity contribution is -0.127. The standard InChI is InChI=1S/C18H27NO3/c1-4-14-5-7-15(8-6-14)18(2,3)13-19-17(20)12-22-16-9-10-21-11-16/h5-8,16H,4,9-13H2,1-3H3,(H,19,20)/t16-/m0/s1. The summed E-state index contributed by atoms with van der Waals surface area (Å²) in [5, 5.41) is 2.97. The van der Waals surface area contributed by atoms with Gasteiger partial charge in [0.1, 0.15) is 6.61 Å². The summed E-state index contributed by atoms with van der Waals surface area (Å²) in [4.78, 5) is 11.9. The summed E-state index contributed by atoms with van der Waals surface area (Å²) < 4.78 is 10.8. The van der Waals surface area contributed by atoms with Crippen LogP contribution in [0, 0.1) is 0 Å². The second-order valence-electron chi connectivity index (χ2n) is 6.51. The third-order valence-electron chi connectivity index (χ3n) is 4.21. The first-order valence-electron chi connectivity index (χ1n) is 8.07. The third-order valence-corrected chi connectivity index (χ3v) is 4.21. The Hall–Kier alpha value is -1.39. The minimum absolute atomic E-state index is 0.0647. The van der Waals surface area contributed by atoms with Gasteiger partial charge in [0.2, 0.25) is 5.91 Å². The van der Waals surface area contributed by atoms with Crippen LogP contribution in [0.3, 0.4) is 0 Å². The summed E-state index contributed by atoms with van der Waals surface area (Å²) in [5.41, 5.74) is 2.46. The van der Waals surface area contributed by atoms with Gasteiger partial charge in [0.05, 0.1) is 12.7 Å². The minimum atomic E-state index is -0.0988. The molecule has 1 atom stereocenters. The van der Waals surface area contributed by atoms with Crippen molar-refractivity contribution in [2.24, 2.45) is 0 Å². The first-order chi connectivity index (χ1) is 10.5. The molecule has 4 heteroatoms. The van der Waals surface area contributed by atoms with Gasteiger partial charge >= 0.3 is 0 Å². The van der Waals surface area contributed by atoms with Gasteiger partial charge in [0, 0.05) is 18.6 Å². The lowest BCUT2D eigenvalue weighted by Crippen LogP contribution is -2.39. The van der Waals surface area contributed by atoms with Gasteiger partial charge in [-0.25, -0.2) is 0 Å². The number of ether oxygens (including phenoxy) is 2. The van der Waals surface area contributed by atoms with E-state index in [1.165, 1.54) is 11.1 Å². The lowest BCUT2D eigenvalue weighted by atomic mass is 9.84. The number of hydrogen-bond donors (Lipinski definition) is 1. The van der Waals surface area contributed by atoms with Crippen molar-refractivity contribution in [3.8, 4) is 0 Å². The van der Waals surface area contributed by atoms with E-state index in [0.29, 0.717) is 13.2 Å². The van der Waals surface area contributed by atoms with Gasteiger partial charge in [-0.3, -0.25) is 4.79 Å². The zero-order valence-electron chi connectivity index (χ0n) is 13.9. The van der Waals surface area contributed by atoms with E-state index in [4.69, 9.17) is 9.47 Å². The molecule has 1 aliphatic heterocycles. The van der Waals surface area contributed by atoms with Gasteiger partial charge in [0.15, 0.2) is 0 Å². The highest BCUT2D eigenvalue weighted by Crippen LogP contribution is 2.22. The summed E-state index contributed by atoms with van der Waals surface area (Å²) in [7, 11) is 0. The molecule has 2 rings (SSSR count). The molecule has 1 aromatic rings. The van der Waals surface area contributed by atoms with Gasteiger partial charge in [0.25, 0.3) is 0 Å². The zero-order valence-corrected chi connectivity index (χ0v) is 13.9. The van der Waals surface area contributed by atoms with Gasteiger partial charge in [-0.1, -0.05) is 45.0 Å². The first kappa shape index (κ1) is 17.0. The predicted molar refractivity (Wildman–Crippen MR) is 87.0 cm³/mol. The Morgan fingerprint density at radius 1 is 1.36 bits per heavy atom. The van der Waals surface area contributed by atoms with Crippen LogP contribution in [0.1, 0.15) is 38.3 Å². The highest BCUT2D eigenvalue weighted by atomic mass is 16.5. The summed E-state index contributed by atoms with van der Waals surface area (Å²) in [6, 6.07) is 8.61. The fraction of sp³-hybridized carbons (Fsp3) is 0.611. The zero-order chi connectivity index (χ0) is 16.0. The molecule has 0 aromatic heterocycles. The minimum Gasteiger partial charge on any atom is -0.379 e. The quantitative estimate of drug-likeness (QED) is 0.842. The van der Waals surface area contributed by atoms with Gasteiger partial charge in [-0.05, 0) is 24.0 Å². The molecule has 1 aromatic carbocycles. The van der Waals surface area contributed by atoms with Crippen LogP contribution < -0.4 is 5.32 Å². The Balaban J connectivity index is 1.78. The van der Waals surface area contributed by atoms with Crippen LogP contribution in [0.2, 0.25) is 0 Å². The summed E-state index contributed by atoms with van der Waals surface area (Å²) in [5.74, 6) is -0.0647. The molecule has 0 saturated carbocycles. The maximum atomic E-state index is 11.9. The lowest BCUT2D eigenvalue weighted by Gasteiger charge is -2.26. The molecule has 1 N–H and O–H groups in total. The topological polar surface area (TPSA) is 47.6 Å². The molecule has 0 unspecified atom stereocenters. The molecule has 0 spiro atoms. The largest absolute Gasteiger partial charge is 0.379 e. The molecule has 122 valence electrons. The number of aryl methyl sites for hydroxylation is 1. The second-order valence-corrected chi connectivity index (χ2v) is 6.51. The van der Waals surface area contributed by atoms with Crippen LogP contribution in [0.25, 0.3) is 0 Å². The van der Waals surface area contributed by atoms with Crippen molar-refractivity contribution in [1.29, 1.82) is 0 Å². The number of hydrogen-bond acceptors (Lipinski definition) is 3. The molecule has 0 bridgehead atoms. The van der Waals surface area contributed by atoms with Gasteiger partial charge in [-0.2, -0.15) is 0 Å². The predicted octanol–water partition coefficient (Wildman–Crippen LogP) is 2.45. The Labute approximate surface area is 133 Å². The van der Waals surface area contributed by atoms with Crippen molar-refractivity contribution in [3.05, 3.63) is 35.4 Å². The van der Waals surface area contributed by atoms with Crippen molar-refractivity contribution in [3.63, 3.8) is 0 Å². The van der Waals surface area contributed by atoms with Crippen molar-refractivity contribution < 1.29 is 14.3 Å². The Morgan fingerprint density at radius 3 is 2.68 bits per heavy atom. The summed E-state index contributed by atoms with van der Waals surface area (Å²) in [6.45, 7) is 8.46. The van der Waals surface area contributed by atoms with Gasteiger partial charge in [-0.15, -0.1) is 0 Å². The highest BCUT2D eigenvalue weighted by Gasteiger charge is 2.22. The Bertz CT molecular complexity index is 476. The normalized spacial score (nSPS) is 18.4. The molecule has 1 fully saturated rings. The number of rotatable bonds is 7. The molecule has 1 amide bonds. The van der Waals surface area contributed by atoms with Crippen molar-refractivity contribution >= 4 is 5.91 Å². The number of carbonyl (C=O) groups is 1. The third kappa shape index (κ3) is 4.82. The van der Waals surface area contributed by atoms with E-state index < -0.39 is 0 Å². The smallest absolute Gasteiger partial charge is 0.246 e. The summed E-state index contributed by atoms with van der Waals surface area (Å²) >= 11 is 0. The number of amides is 1. The van der Waals surface area contributed by atoms with Crippen LogP contribution in [0.4, 0.5) is 0 Å². The maximum Gasteiger partial charge on any atom is 0.246 e. The van der Waals surface area contributed by atoms with Crippen molar-refractivity contribution in [2.75, 3.05) is 26.4 Å².